The van der Waals surface area contributed by atoms with Gasteiger partial charge in [-0.05, 0) is 81.9 Å². The number of rotatable bonds is 5. The number of nitrogens with one attached hydrogen (secondary N) is 2. The van der Waals surface area contributed by atoms with Crippen molar-refractivity contribution in [2.24, 2.45) is 0 Å². The maximum Gasteiger partial charge on any atom is 0.252 e. The molecule has 0 unspecified atom stereocenters. The Morgan fingerprint density at radius 3 is 2.58 bits per heavy atom. The summed E-state index contributed by atoms with van der Waals surface area (Å²) >= 11 is 0. The summed E-state index contributed by atoms with van der Waals surface area (Å²) in [5.74, 6) is 0.866. The predicted octanol–water partition coefficient (Wildman–Crippen LogP) is 2.92. The number of carbonyl (C=O) groups is 1. The molecule has 6 nitrogen and oxygen atoms in total. The van der Waals surface area contributed by atoms with E-state index in [9.17, 15) is 4.79 Å². The van der Waals surface area contributed by atoms with Crippen molar-refractivity contribution in [3.8, 4) is 5.75 Å². The summed E-state index contributed by atoms with van der Waals surface area (Å²) in [7, 11) is 0. The molecule has 2 fully saturated rings. The van der Waals surface area contributed by atoms with E-state index in [1.54, 1.807) is 10.9 Å². The Balaban J connectivity index is 1.46. The van der Waals surface area contributed by atoms with Crippen molar-refractivity contribution in [2.75, 3.05) is 18.4 Å². The Hall–Kier alpha value is -2.34. The molecule has 0 bridgehead atoms. The van der Waals surface area contributed by atoms with Crippen molar-refractivity contribution in [1.29, 1.82) is 0 Å². The van der Waals surface area contributed by atoms with Crippen LogP contribution in [0.25, 0.3) is 0 Å². The van der Waals surface area contributed by atoms with Crippen LogP contribution in [0.1, 0.15) is 38.5 Å². The molecule has 1 saturated carbocycles. The first-order valence-electron chi connectivity index (χ1n) is 9.55. The van der Waals surface area contributed by atoms with Gasteiger partial charge in [0.2, 0.25) is 0 Å². The highest BCUT2D eigenvalue weighted by atomic mass is 16.5. The van der Waals surface area contributed by atoms with Gasteiger partial charge in [0, 0.05) is 18.1 Å². The Bertz CT molecular complexity index is 715. The molecule has 0 atom stereocenters. The molecule has 2 heterocycles. The van der Waals surface area contributed by atoms with Crippen LogP contribution in [0.5, 0.6) is 5.75 Å². The molecule has 1 aliphatic heterocycles. The first-order valence-corrected chi connectivity index (χ1v) is 9.55. The van der Waals surface area contributed by atoms with Crippen molar-refractivity contribution >= 4 is 11.6 Å². The van der Waals surface area contributed by atoms with Crippen LogP contribution in [0.15, 0.2) is 42.7 Å². The molecule has 1 amide bonds. The van der Waals surface area contributed by atoms with Gasteiger partial charge in [-0.3, -0.25) is 9.48 Å². The maximum atomic E-state index is 13.1. The van der Waals surface area contributed by atoms with Crippen molar-refractivity contribution in [2.45, 2.75) is 50.2 Å². The van der Waals surface area contributed by atoms with Gasteiger partial charge in [-0.2, -0.15) is 5.10 Å². The molecule has 1 aliphatic carbocycles. The van der Waals surface area contributed by atoms with E-state index in [1.807, 2.05) is 36.5 Å². The third kappa shape index (κ3) is 3.46. The van der Waals surface area contributed by atoms with Crippen molar-refractivity contribution in [3.05, 3.63) is 42.7 Å². The molecule has 138 valence electrons. The fourth-order valence-electron chi connectivity index (χ4n) is 3.99. The molecule has 6 heteroatoms. The second kappa shape index (κ2) is 7.50. The summed E-state index contributed by atoms with van der Waals surface area (Å²) in [6.45, 7) is 1.61. The fourth-order valence-corrected chi connectivity index (χ4v) is 3.99. The Morgan fingerprint density at radius 2 is 1.92 bits per heavy atom. The van der Waals surface area contributed by atoms with E-state index in [4.69, 9.17) is 4.74 Å². The normalized spacial score (nSPS) is 20.0. The highest BCUT2D eigenvalue weighted by Gasteiger charge is 2.42. The van der Waals surface area contributed by atoms with Gasteiger partial charge in [-0.15, -0.1) is 0 Å². The molecule has 1 saturated heterocycles. The van der Waals surface area contributed by atoms with Crippen LogP contribution >= 0.6 is 0 Å². The highest BCUT2D eigenvalue weighted by Crippen LogP contribution is 2.29. The van der Waals surface area contributed by atoms with Gasteiger partial charge in [0.1, 0.15) is 11.3 Å². The van der Waals surface area contributed by atoms with E-state index < -0.39 is 5.54 Å². The van der Waals surface area contributed by atoms with E-state index in [2.05, 4.69) is 15.7 Å². The smallest absolute Gasteiger partial charge is 0.252 e. The zero-order valence-corrected chi connectivity index (χ0v) is 15.0. The van der Waals surface area contributed by atoms with Crippen LogP contribution in [0, 0.1) is 0 Å². The zero-order valence-electron chi connectivity index (χ0n) is 15.0. The molecule has 2 aliphatic rings. The predicted molar refractivity (Wildman–Crippen MR) is 100 cm³/mol. The van der Waals surface area contributed by atoms with Gasteiger partial charge in [0.05, 0.1) is 6.10 Å². The summed E-state index contributed by atoms with van der Waals surface area (Å²) in [5.41, 5.74) is 0.159. The molecule has 26 heavy (non-hydrogen) atoms. The van der Waals surface area contributed by atoms with Crippen molar-refractivity contribution in [1.82, 2.24) is 15.1 Å². The number of benzene rings is 1. The molecular formula is C20H26N4O2. The second-order valence-corrected chi connectivity index (χ2v) is 7.24. The minimum atomic E-state index is -0.631. The van der Waals surface area contributed by atoms with E-state index in [1.165, 1.54) is 12.8 Å². The first kappa shape index (κ1) is 17.1. The van der Waals surface area contributed by atoms with Gasteiger partial charge in [-0.25, -0.2) is 0 Å². The van der Waals surface area contributed by atoms with Gasteiger partial charge < -0.3 is 15.4 Å². The number of aromatic nitrogens is 2. The molecule has 4 rings (SSSR count). The lowest BCUT2D eigenvalue weighted by atomic mass is 9.87. The fraction of sp³-hybridized carbons (Fsp3) is 0.500. The molecule has 2 aromatic rings. The molecule has 1 aromatic heterocycles. The number of hydrogen-bond acceptors (Lipinski definition) is 4. The lowest BCUT2D eigenvalue weighted by Crippen LogP contribution is -2.52. The molecule has 0 spiro atoms. The Morgan fingerprint density at radius 1 is 1.19 bits per heavy atom. The lowest BCUT2D eigenvalue weighted by Gasteiger charge is -2.36. The van der Waals surface area contributed by atoms with E-state index >= 15 is 0 Å². The Kier molecular flexibility index (Phi) is 4.93. The minimum absolute atomic E-state index is 0.00726. The summed E-state index contributed by atoms with van der Waals surface area (Å²) in [5, 5.41) is 10.8. The summed E-state index contributed by atoms with van der Waals surface area (Å²) < 4.78 is 7.80. The third-order valence-corrected chi connectivity index (χ3v) is 5.51. The van der Waals surface area contributed by atoms with E-state index in [0.717, 1.165) is 50.2 Å². The van der Waals surface area contributed by atoms with Gasteiger partial charge in [0.15, 0.2) is 0 Å². The molecular weight excluding hydrogens is 328 g/mol. The number of ether oxygens (including phenoxy) is 1. The largest absolute Gasteiger partial charge is 0.490 e. The van der Waals surface area contributed by atoms with Crippen molar-refractivity contribution < 1.29 is 9.53 Å². The number of nitrogens with zero attached hydrogens (tertiary/aromatic N) is 2. The van der Waals surface area contributed by atoms with Crippen LogP contribution in [0.2, 0.25) is 0 Å². The monoisotopic (exact) mass is 354 g/mol. The Labute approximate surface area is 153 Å². The first-order chi connectivity index (χ1) is 12.8. The topological polar surface area (TPSA) is 68.2 Å². The molecule has 0 radical (unpaired) electrons. The molecule has 1 aromatic carbocycles. The summed E-state index contributed by atoms with van der Waals surface area (Å²) in [4.78, 5) is 13.1. The highest BCUT2D eigenvalue weighted by molar-refractivity contribution is 5.96. The van der Waals surface area contributed by atoms with Gasteiger partial charge >= 0.3 is 0 Å². The average Bonchev–Trinajstić information content (AvgIpc) is 3.38. The number of carbonyl (C=O) groups excluding carboxylic acids is 1. The standard InChI is InChI=1S/C20H26N4O2/c25-19(20(10-13-21-14-11-20)24-15-3-12-22-24)23-16-6-8-18(9-7-16)26-17-4-1-2-5-17/h3,6-9,12,15,17,21H,1-2,4-5,10-11,13-14H2,(H,23,25). The van der Waals surface area contributed by atoms with Crippen molar-refractivity contribution in [3.63, 3.8) is 0 Å². The zero-order chi connectivity index (χ0) is 17.8. The quantitative estimate of drug-likeness (QED) is 0.866. The summed E-state index contributed by atoms with van der Waals surface area (Å²) in [6, 6.07) is 9.58. The minimum Gasteiger partial charge on any atom is -0.490 e. The SMILES string of the molecule is O=C(Nc1ccc(OC2CCCC2)cc1)C1(n2cccn2)CCNCC1. The summed E-state index contributed by atoms with van der Waals surface area (Å²) in [6.07, 6.45) is 10.2. The van der Waals surface area contributed by atoms with E-state index in [0.29, 0.717) is 6.10 Å². The number of piperidine rings is 1. The van der Waals surface area contributed by atoms with E-state index in [-0.39, 0.29) is 5.91 Å². The van der Waals surface area contributed by atoms with Crippen LogP contribution in [-0.2, 0) is 10.3 Å². The van der Waals surface area contributed by atoms with Crippen LogP contribution in [-0.4, -0.2) is 34.9 Å². The number of hydrogen-bond donors (Lipinski definition) is 2. The third-order valence-electron chi connectivity index (χ3n) is 5.51. The second-order valence-electron chi connectivity index (χ2n) is 7.24. The maximum absolute atomic E-state index is 13.1. The number of amides is 1. The average molecular weight is 354 g/mol. The molecule has 2 N–H and O–H groups in total. The number of anilines is 1. The van der Waals surface area contributed by atoms with Crippen LogP contribution in [0.3, 0.4) is 0 Å². The van der Waals surface area contributed by atoms with Gasteiger partial charge in [-0.1, -0.05) is 0 Å². The lowest BCUT2D eigenvalue weighted by molar-refractivity contribution is -0.126. The van der Waals surface area contributed by atoms with Crippen LogP contribution in [0.4, 0.5) is 5.69 Å². The van der Waals surface area contributed by atoms with Gasteiger partial charge in [0.25, 0.3) is 5.91 Å². The van der Waals surface area contributed by atoms with Crippen LogP contribution < -0.4 is 15.4 Å².